The Morgan fingerprint density at radius 2 is 2.00 bits per heavy atom. The summed E-state index contributed by atoms with van der Waals surface area (Å²) in [6.45, 7) is 1.69. The Morgan fingerprint density at radius 3 is 2.38 bits per heavy atom. The Balaban J connectivity index is 0.00000225. The minimum atomic E-state index is -4.54. The second kappa shape index (κ2) is 5.55. The van der Waals surface area contributed by atoms with Crippen LogP contribution < -0.4 is 5.73 Å². The van der Waals surface area contributed by atoms with E-state index in [1.54, 1.807) is 6.92 Å². The zero-order valence-electron chi connectivity index (χ0n) is 8.15. The van der Waals surface area contributed by atoms with Gasteiger partial charge in [0, 0.05) is 5.92 Å². The van der Waals surface area contributed by atoms with Crippen molar-refractivity contribution < 1.29 is 13.2 Å². The van der Waals surface area contributed by atoms with Gasteiger partial charge in [-0.05, 0) is 5.37 Å². The number of hydrogen-bond acceptors (Lipinski definition) is 4. The molecule has 0 amide bonds. The van der Waals surface area contributed by atoms with Crippen LogP contribution >= 0.6 is 24.6 Å². The Bertz CT molecular complexity index is 354. The highest BCUT2D eigenvalue weighted by molar-refractivity contribution is 7.79. The standard InChI is InChI=1S/C7H9F3N4S.ClH/c1-3(2-15)4(11)5-12-6(14-13-5)7(8,9)10;/h2-4H,11H2,1H3,(H,12,13,14);1H. The monoisotopic (exact) mass is 274 g/mol. The molecule has 1 rings (SSSR count). The first-order valence-corrected chi connectivity index (χ1v) is 4.54. The average molecular weight is 275 g/mol. The van der Waals surface area contributed by atoms with Crippen LogP contribution in [0.3, 0.4) is 0 Å². The molecule has 0 bridgehead atoms. The number of halogens is 4. The van der Waals surface area contributed by atoms with Crippen molar-refractivity contribution in [3.8, 4) is 0 Å². The smallest absolute Gasteiger partial charge is 0.321 e. The first-order valence-electron chi connectivity index (χ1n) is 4.07. The number of H-pyrrole nitrogens is 1. The van der Waals surface area contributed by atoms with Crippen molar-refractivity contribution in [2.24, 2.45) is 11.7 Å². The SMILES string of the molecule is CC(C=S)C(N)c1nnc(C(F)(F)F)[nH]1.Cl. The molecule has 4 nitrogen and oxygen atoms in total. The number of aromatic amines is 1. The van der Waals surface area contributed by atoms with Gasteiger partial charge in [0.15, 0.2) is 0 Å². The van der Waals surface area contributed by atoms with E-state index in [4.69, 9.17) is 5.73 Å². The topological polar surface area (TPSA) is 67.6 Å². The average Bonchev–Trinajstić information content (AvgIpc) is 2.63. The molecule has 0 aliphatic heterocycles. The first kappa shape index (κ1) is 15.3. The third-order valence-electron chi connectivity index (χ3n) is 1.87. The van der Waals surface area contributed by atoms with Gasteiger partial charge < -0.3 is 10.7 Å². The van der Waals surface area contributed by atoms with Crippen molar-refractivity contribution in [1.82, 2.24) is 15.2 Å². The molecule has 1 heterocycles. The lowest BCUT2D eigenvalue weighted by Gasteiger charge is -2.11. The van der Waals surface area contributed by atoms with Gasteiger partial charge in [-0.25, -0.2) is 0 Å². The lowest BCUT2D eigenvalue weighted by molar-refractivity contribution is -0.144. The fourth-order valence-electron chi connectivity index (χ4n) is 0.886. The van der Waals surface area contributed by atoms with Crippen LogP contribution in [-0.2, 0) is 6.18 Å². The van der Waals surface area contributed by atoms with Crippen LogP contribution in [0.4, 0.5) is 13.2 Å². The van der Waals surface area contributed by atoms with E-state index in [2.05, 4.69) is 22.4 Å². The zero-order valence-corrected chi connectivity index (χ0v) is 9.79. The molecular formula is C7H10ClF3N4S. The number of alkyl halides is 3. The van der Waals surface area contributed by atoms with E-state index < -0.39 is 18.0 Å². The van der Waals surface area contributed by atoms with E-state index in [0.29, 0.717) is 0 Å². The summed E-state index contributed by atoms with van der Waals surface area (Å²) in [5.74, 6) is -1.42. The van der Waals surface area contributed by atoms with Crippen molar-refractivity contribution >= 4 is 30.0 Å². The Morgan fingerprint density at radius 1 is 1.44 bits per heavy atom. The van der Waals surface area contributed by atoms with Crippen LogP contribution in [0.15, 0.2) is 0 Å². The largest absolute Gasteiger partial charge is 0.451 e. The molecule has 9 heteroatoms. The number of aromatic nitrogens is 3. The summed E-state index contributed by atoms with van der Waals surface area (Å²) in [7, 11) is 0. The normalized spacial score (nSPS) is 15.1. The van der Waals surface area contributed by atoms with Gasteiger partial charge in [0.2, 0.25) is 5.82 Å². The van der Waals surface area contributed by atoms with Crippen LogP contribution in [0.1, 0.15) is 24.6 Å². The Hall–Kier alpha value is -0.730. The number of thiocarbonyl (C=S) groups is 1. The van der Waals surface area contributed by atoms with Gasteiger partial charge in [0.25, 0.3) is 0 Å². The van der Waals surface area contributed by atoms with Crippen LogP contribution in [0, 0.1) is 5.92 Å². The second-order valence-corrected chi connectivity index (χ2v) is 3.35. The molecule has 3 N–H and O–H groups in total. The number of hydrogen-bond donors (Lipinski definition) is 2. The van der Waals surface area contributed by atoms with Crippen molar-refractivity contribution in [3.63, 3.8) is 0 Å². The molecular weight excluding hydrogens is 265 g/mol. The molecule has 16 heavy (non-hydrogen) atoms. The summed E-state index contributed by atoms with van der Waals surface area (Å²) >= 11 is 4.64. The lowest BCUT2D eigenvalue weighted by atomic mass is 10.1. The molecule has 0 radical (unpaired) electrons. The van der Waals surface area contributed by atoms with Crippen molar-refractivity contribution in [3.05, 3.63) is 11.6 Å². The van der Waals surface area contributed by atoms with Gasteiger partial charge in [-0.3, -0.25) is 0 Å². The number of rotatable bonds is 3. The Kier molecular flexibility index (Phi) is 5.30. The Labute approximate surface area is 101 Å². The molecule has 1 aromatic heterocycles. The molecule has 0 fully saturated rings. The molecule has 0 spiro atoms. The fourth-order valence-corrected chi connectivity index (χ4v) is 1.06. The molecule has 0 aromatic carbocycles. The maximum absolute atomic E-state index is 12.1. The van der Waals surface area contributed by atoms with Gasteiger partial charge in [-0.15, -0.1) is 22.6 Å². The van der Waals surface area contributed by atoms with Crippen LogP contribution in [0.25, 0.3) is 0 Å². The van der Waals surface area contributed by atoms with Crippen molar-refractivity contribution in [2.45, 2.75) is 19.1 Å². The highest BCUT2D eigenvalue weighted by atomic mass is 35.5. The summed E-state index contributed by atoms with van der Waals surface area (Å²) in [6, 6.07) is -0.703. The maximum atomic E-state index is 12.1. The number of nitrogens with two attached hydrogens (primary N) is 1. The van der Waals surface area contributed by atoms with E-state index in [-0.39, 0.29) is 24.1 Å². The molecule has 0 aliphatic carbocycles. The predicted octanol–water partition coefficient (Wildman–Crippen LogP) is 1.88. The van der Waals surface area contributed by atoms with E-state index >= 15 is 0 Å². The highest BCUT2D eigenvalue weighted by Crippen LogP contribution is 2.26. The molecule has 0 saturated heterocycles. The fraction of sp³-hybridized carbons (Fsp3) is 0.571. The van der Waals surface area contributed by atoms with E-state index in [1.807, 2.05) is 4.98 Å². The molecule has 2 unspecified atom stereocenters. The highest BCUT2D eigenvalue weighted by Gasteiger charge is 2.36. The van der Waals surface area contributed by atoms with Gasteiger partial charge in [0.1, 0.15) is 5.82 Å². The molecule has 0 aliphatic rings. The van der Waals surface area contributed by atoms with Crippen LogP contribution in [-0.4, -0.2) is 20.5 Å². The molecule has 0 saturated carbocycles. The minimum absolute atomic E-state index is 0. The zero-order chi connectivity index (χ0) is 11.6. The molecule has 1 aromatic rings. The van der Waals surface area contributed by atoms with Gasteiger partial charge >= 0.3 is 6.18 Å². The van der Waals surface area contributed by atoms with Crippen molar-refractivity contribution in [2.75, 3.05) is 0 Å². The molecule has 92 valence electrons. The first-order chi connectivity index (χ1) is 6.86. The van der Waals surface area contributed by atoms with Gasteiger partial charge in [-0.1, -0.05) is 19.1 Å². The van der Waals surface area contributed by atoms with Crippen LogP contribution in [0.2, 0.25) is 0 Å². The summed E-state index contributed by atoms with van der Waals surface area (Å²) in [6.07, 6.45) is -4.54. The third kappa shape index (κ3) is 3.39. The summed E-state index contributed by atoms with van der Waals surface area (Å²) in [4.78, 5) is 2.03. The van der Waals surface area contributed by atoms with Crippen molar-refractivity contribution in [1.29, 1.82) is 0 Å². The molecule has 2 atom stereocenters. The van der Waals surface area contributed by atoms with Crippen LogP contribution in [0.5, 0.6) is 0 Å². The van der Waals surface area contributed by atoms with Gasteiger partial charge in [0.05, 0.1) is 6.04 Å². The third-order valence-corrected chi connectivity index (χ3v) is 2.30. The number of nitrogens with zero attached hydrogens (tertiary/aromatic N) is 2. The van der Waals surface area contributed by atoms with E-state index in [9.17, 15) is 13.2 Å². The summed E-state index contributed by atoms with van der Waals surface area (Å²) in [5.41, 5.74) is 5.61. The van der Waals surface area contributed by atoms with E-state index in [1.165, 1.54) is 5.37 Å². The number of nitrogens with one attached hydrogen (secondary N) is 1. The lowest BCUT2D eigenvalue weighted by Crippen LogP contribution is -2.21. The van der Waals surface area contributed by atoms with Gasteiger partial charge in [-0.2, -0.15) is 13.2 Å². The van der Waals surface area contributed by atoms with E-state index in [0.717, 1.165) is 0 Å². The maximum Gasteiger partial charge on any atom is 0.451 e. The minimum Gasteiger partial charge on any atom is -0.321 e. The second-order valence-electron chi connectivity index (χ2n) is 3.08. The predicted molar refractivity (Wildman–Crippen MR) is 58.4 cm³/mol. The quantitative estimate of drug-likeness (QED) is 0.826. The summed E-state index contributed by atoms with van der Waals surface area (Å²) < 4.78 is 36.4. The summed E-state index contributed by atoms with van der Waals surface area (Å²) in [5, 5.41) is 7.68.